The molecule has 1 aliphatic rings. The van der Waals surface area contributed by atoms with Crippen LogP contribution in [0.3, 0.4) is 0 Å². The third-order valence-corrected chi connectivity index (χ3v) is 8.83. The maximum Gasteiger partial charge on any atom is 0.125 e. The molecule has 7 aromatic carbocycles. The van der Waals surface area contributed by atoms with Gasteiger partial charge in [0.2, 0.25) is 0 Å². The van der Waals surface area contributed by atoms with Crippen molar-refractivity contribution < 1.29 is 4.39 Å². The van der Waals surface area contributed by atoms with Crippen molar-refractivity contribution in [3.63, 3.8) is 0 Å². The number of para-hydroxylation sites is 1. The summed E-state index contributed by atoms with van der Waals surface area (Å²) >= 11 is 0. The lowest BCUT2D eigenvalue weighted by Crippen LogP contribution is -2.17. The monoisotopic (exact) mass is 529 g/mol. The predicted molar refractivity (Wildman–Crippen MR) is 171 cm³/mol. The maximum atomic E-state index is 14.7. The third-order valence-electron chi connectivity index (χ3n) is 8.83. The Kier molecular flexibility index (Phi) is 5.11. The fourth-order valence-electron chi connectivity index (χ4n) is 7.11. The lowest BCUT2D eigenvalue weighted by Gasteiger charge is -2.30. The Morgan fingerprint density at radius 2 is 1.02 bits per heavy atom. The summed E-state index contributed by atoms with van der Waals surface area (Å²) in [7, 11) is 0. The molecule has 0 unspecified atom stereocenters. The number of rotatable bonds is 3. The van der Waals surface area contributed by atoms with Crippen LogP contribution in [0.2, 0.25) is 0 Å². The maximum absolute atomic E-state index is 14.7. The van der Waals surface area contributed by atoms with Gasteiger partial charge in [-0.2, -0.15) is 0 Å². The van der Waals surface area contributed by atoms with Gasteiger partial charge >= 0.3 is 0 Å². The van der Waals surface area contributed by atoms with Crippen molar-refractivity contribution in [3.05, 3.63) is 150 Å². The minimum atomic E-state index is -0.253. The average Bonchev–Trinajstić information content (AvgIpc) is 3.25. The summed E-state index contributed by atoms with van der Waals surface area (Å²) in [5, 5.41) is 7.51. The first-order chi connectivity index (χ1) is 20.0. The molecule has 1 nitrogen and oxygen atoms in total. The molecule has 0 N–H and O–H groups in total. The second-order valence-corrected chi connectivity index (χ2v) is 11.5. The van der Waals surface area contributed by atoms with Gasteiger partial charge in [0.15, 0.2) is 0 Å². The van der Waals surface area contributed by atoms with Gasteiger partial charge in [0.1, 0.15) is 5.82 Å². The van der Waals surface area contributed by atoms with E-state index in [1.54, 1.807) is 12.1 Å². The quantitative estimate of drug-likeness (QED) is 0.206. The molecule has 0 spiro atoms. The van der Waals surface area contributed by atoms with E-state index < -0.39 is 0 Å². The normalized spacial score (nSPS) is 13.4. The minimum Gasteiger partial charge on any atom is -0.310 e. The fourth-order valence-corrected chi connectivity index (χ4v) is 7.11. The second-order valence-electron chi connectivity index (χ2n) is 11.5. The summed E-state index contributed by atoms with van der Waals surface area (Å²) in [4.78, 5) is 2.20. The van der Waals surface area contributed by atoms with Crippen LogP contribution in [0, 0.1) is 5.82 Å². The Morgan fingerprint density at radius 1 is 0.488 bits per heavy atom. The lowest BCUT2D eigenvalue weighted by molar-refractivity contribution is 0.628. The van der Waals surface area contributed by atoms with E-state index in [0.717, 1.165) is 22.4 Å². The van der Waals surface area contributed by atoms with E-state index in [1.165, 1.54) is 55.3 Å². The Hall–Kier alpha value is -4.95. The van der Waals surface area contributed by atoms with Crippen molar-refractivity contribution >= 4 is 49.4 Å². The molecule has 0 fully saturated rings. The number of hydrogen-bond acceptors (Lipinski definition) is 1. The molecule has 0 amide bonds. The molecule has 2 heteroatoms. The number of halogens is 1. The average molecular weight is 530 g/mol. The Balaban J connectivity index is 1.53. The van der Waals surface area contributed by atoms with Crippen molar-refractivity contribution in [1.29, 1.82) is 0 Å². The van der Waals surface area contributed by atoms with E-state index in [2.05, 4.69) is 110 Å². The Morgan fingerprint density at radius 3 is 1.71 bits per heavy atom. The van der Waals surface area contributed by atoms with Gasteiger partial charge in [0.25, 0.3) is 0 Å². The molecule has 1 aliphatic carbocycles. The summed E-state index contributed by atoms with van der Waals surface area (Å²) in [5.74, 6) is -0.250. The molecule has 8 rings (SSSR count). The van der Waals surface area contributed by atoms with Gasteiger partial charge in [-0.25, -0.2) is 4.39 Å². The van der Waals surface area contributed by atoms with E-state index in [4.69, 9.17) is 0 Å². The molecule has 0 heterocycles. The number of benzene rings is 7. The standard InChI is InChI=1S/C39H28FN/c1-39(2)34-24-35(41(26-14-4-3-5-15-26)27-16-12-13-25(40)23-27)30-19-8-10-21-32(30)36(34)37-31-20-9-6-17-28(31)29-18-7-11-22-33(29)38(37)39/h3-24H,1-2H3. The van der Waals surface area contributed by atoms with E-state index >= 15 is 0 Å². The van der Waals surface area contributed by atoms with Crippen LogP contribution in [0.1, 0.15) is 25.0 Å². The van der Waals surface area contributed by atoms with Crippen molar-refractivity contribution in [2.24, 2.45) is 0 Å². The van der Waals surface area contributed by atoms with Crippen LogP contribution in [-0.4, -0.2) is 0 Å². The number of nitrogens with zero attached hydrogens (tertiary/aromatic N) is 1. The van der Waals surface area contributed by atoms with E-state index in [0.29, 0.717) is 0 Å². The van der Waals surface area contributed by atoms with Gasteiger partial charge in [0, 0.05) is 22.2 Å². The van der Waals surface area contributed by atoms with Crippen molar-refractivity contribution in [2.45, 2.75) is 19.3 Å². The highest BCUT2D eigenvalue weighted by atomic mass is 19.1. The highest BCUT2D eigenvalue weighted by Crippen LogP contribution is 2.58. The molecule has 7 aromatic rings. The molecule has 41 heavy (non-hydrogen) atoms. The molecule has 0 bridgehead atoms. The van der Waals surface area contributed by atoms with Crippen LogP contribution in [0.5, 0.6) is 0 Å². The lowest BCUT2D eigenvalue weighted by atomic mass is 9.79. The largest absolute Gasteiger partial charge is 0.310 e. The summed E-state index contributed by atoms with van der Waals surface area (Å²) in [6, 6.07) is 45.9. The second kappa shape index (κ2) is 8.78. The van der Waals surface area contributed by atoms with Crippen LogP contribution in [0.15, 0.2) is 133 Å². The van der Waals surface area contributed by atoms with Crippen LogP contribution in [0.4, 0.5) is 21.5 Å². The molecule has 0 saturated carbocycles. The van der Waals surface area contributed by atoms with Crippen LogP contribution >= 0.6 is 0 Å². The van der Waals surface area contributed by atoms with E-state index in [1.807, 2.05) is 24.3 Å². The topological polar surface area (TPSA) is 3.24 Å². The highest BCUT2D eigenvalue weighted by molar-refractivity contribution is 6.22. The first-order valence-electron chi connectivity index (χ1n) is 14.2. The summed E-state index contributed by atoms with van der Waals surface area (Å²) in [6.07, 6.45) is 0. The van der Waals surface area contributed by atoms with Gasteiger partial charge in [0.05, 0.1) is 5.69 Å². The van der Waals surface area contributed by atoms with Crippen LogP contribution < -0.4 is 4.90 Å². The number of fused-ring (bicyclic) bond motifs is 10. The van der Waals surface area contributed by atoms with Crippen molar-refractivity contribution in [2.75, 3.05) is 4.90 Å². The van der Waals surface area contributed by atoms with Gasteiger partial charge in [-0.1, -0.05) is 111 Å². The Bertz CT molecular complexity index is 2140. The van der Waals surface area contributed by atoms with Gasteiger partial charge < -0.3 is 4.90 Å². The Labute approximate surface area is 239 Å². The smallest absolute Gasteiger partial charge is 0.125 e. The van der Waals surface area contributed by atoms with Gasteiger partial charge in [-0.05, 0) is 85.6 Å². The zero-order chi connectivity index (χ0) is 27.7. The van der Waals surface area contributed by atoms with Crippen LogP contribution in [0.25, 0.3) is 43.4 Å². The van der Waals surface area contributed by atoms with Crippen molar-refractivity contribution in [1.82, 2.24) is 0 Å². The molecule has 0 saturated heterocycles. The highest BCUT2D eigenvalue weighted by Gasteiger charge is 2.40. The van der Waals surface area contributed by atoms with E-state index in [9.17, 15) is 4.39 Å². The number of anilines is 3. The molecular formula is C39H28FN. The molecule has 0 aliphatic heterocycles. The SMILES string of the molecule is CC1(C)c2cc(N(c3ccccc3)c3cccc(F)c3)c3ccccc3c2-c2c1c1ccccc1c1ccccc21. The van der Waals surface area contributed by atoms with Gasteiger partial charge in [-0.15, -0.1) is 0 Å². The first kappa shape index (κ1) is 23.9. The molecular weight excluding hydrogens is 501 g/mol. The molecule has 0 aromatic heterocycles. The summed E-state index contributed by atoms with van der Waals surface area (Å²) in [5.41, 5.74) is 7.89. The minimum absolute atomic E-state index is 0.250. The zero-order valence-corrected chi connectivity index (χ0v) is 23.0. The predicted octanol–water partition coefficient (Wildman–Crippen LogP) is 11.1. The van der Waals surface area contributed by atoms with Crippen molar-refractivity contribution in [3.8, 4) is 11.1 Å². The number of hydrogen-bond donors (Lipinski definition) is 0. The fraction of sp³-hybridized carbons (Fsp3) is 0.0769. The third kappa shape index (κ3) is 3.40. The molecule has 0 atom stereocenters. The van der Waals surface area contributed by atoms with E-state index in [-0.39, 0.29) is 11.2 Å². The zero-order valence-electron chi connectivity index (χ0n) is 23.0. The molecule has 0 radical (unpaired) electrons. The summed E-state index contributed by atoms with van der Waals surface area (Å²) in [6.45, 7) is 4.71. The molecule has 196 valence electrons. The van der Waals surface area contributed by atoms with Crippen LogP contribution in [-0.2, 0) is 5.41 Å². The summed E-state index contributed by atoms with van der Waals surface area (Å²) < 4.78 is 14.7. The first-order valence-corrected chi connectivity index (χ1v) is 14.2. The van der Waals surface area contributed by atoms with Gasteiger partial charge in [-0.3, -0.25) is 0 Å².